The van der Waals surface area contributed by atoms with Gasteiger partial charge in [-0.15, -0.1) is 11.3 Å². The van der Waals surface area contributed by atoms with Crippen LogP contribution in [0.25, 0.3) is 0 Å². The average Bonchev–Trinajstić information content (AvgIpc) is 2.26. The summed E-state index contributed by atoms with van der Waals surface area (Å²) in [5.41, 5.74) is 0.598. The van der Waals surface area contributed by atoms with Crippen molar-refractivity contribution >= 4 is 27.1 Å². The number of carbonyl (C=O) groups is 1. The number of aromatic nitrogens is 1. The summed E-state index contributed by atoms with van der Waals surface area (Å²) in [6.45, 7) is 1.68. The van der Waals surface area contributed by atoms with Crippen LogP contribution < -0.4 is 0 Å². The van der Waals surface area contributed by atoms with Crippen molar-refractivity contribution in [3.05, 3.63) is 15.6 Å². The molecule has 1 heterocycles. The summed E-state index contributed by atoms with van der Waals surface area (Å²) in [5.74, 6) is -1.06. The molecule has 1 aromatic rings. The van der Waals surface area contributed by atoms with Gasteiger partial charge in [0.1, 0.15) is 10.8 Å². The fourth-order valence-corrected chi connectivity index (χ4v) is 3.32. The Bertz CT molecular complexity index is 475. The maximum absolute atomic E-state index is 11.0. The zero-order valence-corrected chi connectivity index (χ0v) is 9.98. The standard InChI is InChI=1S/C8H11NO4S2/c1-5-6(3-8(10)11)14-7(9-5)4-15(2,12)13/h3-4H2,1-2H3,(H,10,11). The quantitative estimate of drug-likeness (QED) is 0.845. The van der Waals surface area contributed by atoms with Gasteiger partial charge < -0.3 is 5.11 Å². The molecule has 0 aliphatic carbocycles. The zero-order valence-electron chi connectivity index (χ0n) is 8.35. The van der Waals surface area contributed by atoms with Gasteiger partial charge in [-0.3, -0.25) is 4.79 Å². The Hall–Kier alpha value is -0.950. The van der Waals surface area contributed by atoms with Gasteiger partial charge in [0.25, 0.3) is 0 Å². The first kappa shape index (κ1) is 12.1. The molecule has 0 radical (unpaired) electrons. The molecular weight excluding hydrogens is 238 g/mol. The van der Waals surface area contributed by atoms with Gasteiger partial charge in [0.05, 0.1) is 12.1 Å². The summed E-state index contributed by atoms with van der Waals surface area (Å²) in [6.07, 6.45) is 1.02. The average molecular weight is 249 g/mol. The molecular formula is C8H11NO4S2. The van der Waals surface area contributed by atoms with E-state index >= 15 is 0 Å². The third kappa shape index (κ3) is 3.96. The second kappa shape index (κ2) is 4.28. The van der Waals surface area contributed by atoms with Gasteiger partial charge in [-0.25, -0.2) is 13.4 Å². The van der Waals surface area contributed by atoms with Crippen molar-refractivity contribution in [2.24, 2.45) is 0 Å². The van der Waals surface area contributed by atoms with Crippen LogP contribution in [0.15, 0.2) is 0 Å². The van der Waals surface area contributed by atoms with Crippen LogP contribution in [0.3, 0.4) is 0 Å². The first-order chi connectivity index (χ1) is 6.78. The lowest BCUT2D eigenvalue weighted by molar-refractivity contribution is -0.136. The van der Waals surface area contributed by atoms with E-state index in [1.165, 1.54) is 0 Å². The summed E-state index contributed by atoms with van der Waals surface area (Å²) in [7, 11) is -3.11. The number of rotatable bonds is 4. The molecule has 0 aliphatic rings. The maximum Gasteiger partial charge on any atom is 0.308 e. The fourth-order valence-electron chi connectivity index (χ4n) is 1.08. The van der Waals surface area contributed by atoms with Crippen LogP contribution in [-0.2, 0) is 26.8 Å². The molecule has 0 spiro atoms. The van der Waals surface area contributed by atoms with Crippen molar-refractivity contribution in [1.29, 1.82) is 0 Å². The molecule has 0 unspecified atom stereocenters. The van der Waals surface area contributed by atoms with Crippen molar-refractivity contribution < 1.29 is 18.3 Å². The Balaban J connectivity index is 2.91. The van der Waals surface area contributed by atoms with Crippen LogP contribution in [0.1, 0.15) is 15.6 Å². The monoisotopic (exact) mass is 249 g/mol. The van der Waals surface area contributed by atoms with Gasteiger partial charge in [-0.2, -0.15) is 0 Å². The molecule has 0 aliphatic heterocycles. The predicted octanol–water partition coefficient (Wildman–Crippen LogP) is 0.623. The van der Waals surface area contributed by atoms with Crippen LogP contribution in [0.4, 0.5) is 0 Å². The molecule has 0 aromatic carbocycles. The molecule has 0 saturated carbocycles. The molecule has 0 fully saturated rings. The fraction of sp³-hybridized carbons (Fsp3) is 0.500. The van der Waals surface area contributed by atoms with E-state index in [0.717, 1.165) is 17.6 Å². The SMILES string of the molecule is Cc1nc(CS(C)(=O)=O)sc1CC(=O)O. The molecule has 0 atom stereocenters. The lowest BCUT2D eigenvalue weighted by Crippen LogP contribution is -1.99. The van der Waals surface area contributed by atoms with Gasteiger partial charge in [-0.05, 0) is 6.92 Å². The minimum atomic E-state index is -3.11. The van der Waals surface area contributed by atoms with Crippen LogP contribution in [0.5, 0.6) is 0 Å². The second-order valence-corrected chi connectivity index (χ2v) is 6.57. The normalized spacial score (nSPS) is 11.6. The van der Waals surface area contributed by atoms with Crippen molar-refractivity contribution in [2.75, 3.05) is 6.26 Å². The van der Waals surface area contributed by atoms with Crippen molar-refractivity contribution in [2.45, 2.75) is 19.1 Å². The summed E-state index contributed by atoms with van der Waals surface area (Å²) >= 11 is 1.14. The first-order valence-corrected chi connectivity index (χ1v) is 7.00. The van der Waals surface area contributed by atoms with Gasteiger partial charge in [-0.1, -0.05) is 0 Å². The largest absolute Gasteiger partial charge is 0.481 e. The third-order valence-electron chi connectivity index (χ3n) is 1.63. The molecule has 0 amide bonds. The summed E-state index contributed by atoms with van der Waals surface area (Å²) in [5, 5.41) is 9.04. The summed E-state index contributed by atoms with van der Waals surface area (Å²) < 4.78 is 22.0. The first-order valence-electron chi connectivity index (χ1n) is 4.12. The number of carboxylic acids is 1. The highest BCUT2D eigenvalue weighted by Crippen LogP contribution is 2.20. The molecule has 15 heavy (non-hydrogen) atoms. The number of aryl methyl sites for hydroxylation is 1. The highest BCUT2D eigenvalue weighted by atomic mass is 32.2. The molecule has 7 heteroatoms. The number of aliphatic carboxylic acids is 1. The van der Waals surface area contributed by atoms with E-state index in [1.807, 2.05) is 0 Å². The minimum Gasteiger partial charge on any atom is -0.481 e. The molecule has 1 rings (SSSR count). The highest BCUT2D eigenvalue weighted by Gasteiger charge is 2.14. The number of hydrogen-bond donors (Lipinski definition) is 1. The van der Waals surface area contributed by atoms with Gasteiger partial charge in [0, 0.05) is 11.1 Å². The predicted molar refractivity (Wildman–Crippen MR) is 56.7 cm³/mol. The molecule has 1 aromatic heterocycles. The van der Waals surface area contributed by atoms with Gasteiger partial charge in [0.15, 0.2) is 9.84 Å². The Morgan fingerprint density at radius 3 is 2.60 bits per heavy atom. The van der Waals surface area contributed by atoms with E-state index in [9.17, 15) is 13.2 Å². The topological polar surface area (TPSA) is 84.3 Å². The van der Waals surface area contributed by atoms with E-state index < -0.39 is 15.8 Å². The maximum atomic E-state index is 11.0. The summed E-state index contributed by atoms with van der Waals surface area (Å²) in [6, 6.07) is 0. The van der Waals surface area contributed by atoms with Gasteiger partial charge in [0.2, 0.25) is 0 Å². The number of carboxylic acid groups (broad SMARTS) is 1. The Morgan fingerprint density at radius 2 is 2.13 bits per heavy atom. The van der Waals surface area contributed by atoms with E-state index in [1.54, 1.807) is 6.92 Å². The molecule has 5 nitrogen and oxygen atoms in total. The van der Waals surface area contributed by atoms with Crippen LogP contribution in [0, 0.1) is 6.92 Å². The Labute approximate surface area is 91.7 Å². The molecule has 0 saturated heterocycles. The Morgan fingerprint density at radius 1 is 1.53 bits per heavy atom. The highest BCUT2D eigenvalue weighted by molar-refractivity contribution is 7.90. The van der Waals surface area contributed by atoms with Crippen LogP contribution in [0.2, 0.25) is 0 Å². The third-order valence-corrected chi connectivity index (χ3v) is 3.77. The van der Waals surface area contributed by atoms with Gasteiger partial charge >= 0.3 is 5.97 Å². The smallest absolute Gasteiger partial charge is 0.308 e. The van der Waals surface area contributed by atoms with Crippen LogP contribution in [-0.4, -0.2) is 30.7 Å². The van der Waals surface area contributed by atoms with E-state index in [-0.39, 0.29) is 12.2 Å². The molecule has 84 valence electrons. The van der Waals surface area contributed by atoms with Crippen molar-refractivity contribution in [3.63, 3.8) is 0 Å². The summed E-state index contributed by atoms with van der Waals surface area (Å²) in [4.78, 5) is 15.1. The Kier molecular flexibility index (Phi) is 3.46. The van der Waals surface area contributed by atoms with Crippen LogP contribution >= 0.6 is 11.3 Å². The number of nitrogens with zero attached hydrogens (tertiary/aromatic N) is 1. The second-order valence-electron chi connectivity index (χ2n) is 3.26. The minimum absolute atomic E-state index is 0.104. The molecule has 0 bridgehead atoms. The lowest BCUT2D eigenvalue weighted by Gasteiger charge is -1.91. The lowest BCUT2D eigenvalue weighted by atomic mass is 10.3. The van der Waals surface area contributed by atoms with Crippen molar-refractivity contribution in [1.82, 2.24) is 4.98 Å². The van der Waals surface area contributed by atoms with E-state index in [2.05, 4.69) is 4.98 Å². The zero-order chi connectivity index (χ0) is 11.6. The number of hydrogen-bond acceptors (Lipinski definition) is 5. The molecule has 1 N–H and O–H groups in total. The van der Waals surface area contributed by atoms with E-state index in [0.29, 0.717) is 15.6 Å². The van der Waals surface area contributed by atoms with Crippen molar-refractivity contribution in [3.8, 4) is 0 Å². The number of sulfone groups is 1. The number of thiazole rings is 1. The van der Waals surface area contributed by atoms with E-state index in [4.69, 9.17) is 5.11 Å².